The van der Waals surface area contributed by atoms with Crippen molar-refractivity contribution in [3.05, 3.63) is 0 Å². The molecular weight excluding hydrogens is 228 g/mol. The van der Waals surface area contributed by atoms with E-state index in [9.17, 15) is 9.90 Å². The fraction of sp³-hybridized carbons (Fsp3) is 0.933. The monoisotopic (exact) mass is 254 g/mol. The summed E-state index contributed by atoms with van der Waals surface area (Å²) >= 11 is 0. The summed E-state index contributed by atoms with van der Waals surface area (Å²) in [5, 5.41) is 10.7. The van der Waals surface area contributed by atoms with Crippen molar-refractivity contribution in [1.82, 2.24) is 0 Å². The maximum absolute atomic E-state index is 12.0. The standard InChI is InChI=1S/C15H26O3/c1-14(2,3)13(16)18-12-8-6-7-11(12)15(17)9-4-5-10-15/h11-12,17H,4-10H2,1-3H3. The molecule has 0 saturated heterocycles. The molecule has 2 rings (SSSR count). The third kappa shape index (κ3) is 2.71. The highest BCUT2D eigenvalue weighted by Gasteiger charge is 2.47. The van der Waals surface area contributed by atoms with Gasteiger partial charge < -0.3 is 9.84 Å². The molecule has 0 aromatic rings. The van der Waals surface area contributed by atoms with Gasteiger partial charge in [-0.1, -0.05) is 12.8 Å². The van der Waals surface area contributed by atoms with Crippen LogP contribution in [0.2, 0.25) is 0 Å². The third-order valence-electron chi connectivity index (χ3n) is 4.48. The molecule has 2 saturated carbocycles. The van der Waals surface area contributed by atoms with Crippen LogP contribution in [0.15, 0.2) is 0 Å². The van der Waals surface area contributed by atoms with Gasteiger partial charge in [-0.2, -0.15) is 0 Å². The zero-order chi connectivity index (χ0) is 13.4. The van der Waals surface area contributed by atoms with E-state index in [-0.39, 0.29) is 18.0 Å². The Morgan fingerprint density at radius 1 is 1.17 bits per heavy atom. The molecule has 18 heavy (non-hydrogen) atoms. The Bertz CT molecular complexity index is 310. The first-order valence-electron chi connectivity index (χ1n) is 7.26. The van der Waals surface area contributed by atoms with Crippen LogP contribution < -0.4 is 0 Å². The predicted molar refractivity (Wildman–Crippen MR) is 70.1 cm³/mol. The molecule has 104 valence electrons. The molecule has 0 bridgehead atoms. The first kappa shape index (κ1) is 13.9. The number of rotatable bonds is 2. The maximum atomic E-state index is 12.0. The molecular formula is C15H26O3. The van der Waals surface area contributed by atoms with Crippen LogP contribution >= 0.6 is 0 Å². The molecule has 2 atom stereocenters. The number of aliphatic hydroxyl groups is 1. The van der Waals surface area contributed by atoms with E-state index in [2.05, 4.69) is 0 Å². The van der Waals surface area contributed by atoms with E-state index in [0.717, 1.165) is 44.9 Å². The van der Waals surface area contributed by atoms with Crippen LogP contribution in [0.25, 0.3) is 0 Å². The zero-order valence-corrected chi connectivity index (χ0v) is 11.9. The summed E-state index contributed by atoms with van der Waals surface area (Å²) in [6, 6.07) is 0. The lowest BCUT2D eigenvalue weighted by atomic mass is 9.83. The second kappa shape index (κ2) is 4.84. The molecule has 0 amide bonds. The van der Waals surface area contributed by atoms with E-state index in [1.165, 1.54) is 0 Å². The van der Waals surface area contributed by atoms with Gasteiger partial charge in [0.1, 0.15) is 6.10 Å². The Balaban J connectivity index is 2.02. The number of carbonyl (C=O) groups excluding carboxylic acids is 1. The highest BCUT2D eigenvalue weighted by atomic mass is 16.5. The molecule has 0 spiro atoms. The topological polar surface area (TPSA) is 46.5 Å². The number of hydrogen-bond acceptors (Lipinski definition) is 3. The van der Waals surface area contributed by atoms with Crippen molar-refractivity contribution in [3.8, 4) is 0 Å². The summed E-state index contributed by atoms with van der Waals surface area (Å²) in [6.45, 7) is 5.64. The summed E-state index contributed by atoms with van der Waals surface area (Å²) in [6.07, 6.45) is 6.87. The Kier molecular flexibility index (Phi) is 3.72. The largest absolute Gasteiger partial charge is 0.462 e. The van der Waals surface area contributed by atoms with Crippen LogP contribution in [-0.2, 0) is 9.53 Å². The van der Waals surface area contributed by atoms with Gasteiger partial charge in [-0.15, -0.1) is 0 Å². The summed E-state index contributed by atoms with van der Waals surface area (Å²) in [5.74, 6) is 0.0206. The molecule has 2 unspecified atom stereocenters. The minimum atomic E-state index is -0.570. The van der Waals surface area contributed by atoms with E-state index in [0.29, 0.717) is 0 Å². The van der Waals surface area contributed by atoms with E-state index in [4.69, 9.17) is 4.74 Å². The van der Waals surface area contributed by atoms with Gasteiger partial charge in [0.15, 0.2) is 0 Å². The van der Waals surface area contributed by atoms with Crippen molar-refractivity contribution in [1.29, 1.82) is 0 Å². The molecule has 1 N–H and O–H groups in total. The molecule has 2 aliphatic carbocycles. The molecule has 2 aliphatic rings. The normalized spacial score (nSPS) is 31.6. The van der Waals surface area contributed by atoms with Crippen LogP contribution in [0.5, 0.6) is 0 Å². The van der Waals surface area contributed by atoms with Crippen molar-refractivity contribution >= 4 is 5.97 Å². The second-order valence-electron chi connectivity index (χ2n) is 7.04. The Labute approximate surface area is 110 Å². The minimum absolute atomic E-state index is 0.0696. The van der Waals surface area contributed by atoms with E-state index < -0.39 is 11.0 Å². The Morgan fingerprint density at radius 2 is 1.78 bits per heavy atom. The van der Waals surface area contributed by atoms with Gasteiger partial charge in [0.2, 0.25) is 0 Å². The first-order valence-corrected chi connectivity index (χ1v) is 7.26. The highest BCUT2D eigenvalue weighted by Crippen LogP contribution is 2.45. The number of ether oxygens (including phenoxy) is 1. The van der Waals surface area contributed by atoms with Crippen molar-refractivity contribution < 1.29 is 14.6 Å². The fourth-order valence-corrected chi connectivity index (χ4v) is 3.35. The lowest BCUT2D eigenvalue weighted by Crippen LogP contribution is -2.42. The van der Waals surface area contributed by atoms with Gasteiger partial charge in [0, 0.05) is 5.92 Å². The van der Waals surface area contributed by atoms with Crippen LogP contribution in [0.1, 0.15) is 65.7 Å². The van der Waals surface area contributed by atoms with E-state index in [1.807, 2.05) is 20.8 Å². The molecule has 0 aliphatic heterocycles. The molecule has 0 radical (unpaired) electrons. The van der Waals surface area contributed by atoms with Crippen molar-refractivity contribution in [2.45, 2.75) is 77.4 Å². The van der Waals surface area contributed by atoms with Crippen molar-refractivity contribution in [2.24, 2.45) is 11.3 Å². The van der Waals surface area contributed by atoms with Gasteiger partial charge in [0.25, 0.3) is 0 Å². The van der Waals surface area contributed by atoms with Gasteiger partial charge in [-0.25, -0.2) is 0 Å². The van der Waals surface area contributed by atoms with Gasteiger partial charge >= 0.3 is 5.97 Å². The smallest absolute Gasteiger partial charge is 0.311 e. The molecule has 0 heterocycles. The lowest BCUT2D eigenvalue weighted by molar-refractivity contribution is -0.165. The molecule has 2 fully saturated rings. The second-order valence-corrected chi connectivity index (χ2v) is 7.04. The average molecular weight is 254 g/mol. The lowest BCUT2D eigenvalue weighted by Gasteiger charge is -2.34. The number of carbonyl (C=O) groups is 1. The molecule has 3 nitrogen and oxygen atoms in total. The van der Waals surface area contributed by atoms with Crippen LogP contribution in [-0.4, -0.2) is 22.8 Å². The van der Waals surface area contributed by atoms with Crippen LogP contribution in [0, 0.1) is 11.3 Å². The fourth-order valence-electron chi connectivity index (χ4n) is 3.35. The molecule has 0 aromatic heterocycles. The van der Waals surface area contributed by atoms with Crippen molar-refractivity contribution in [2.75, 3.05) is 0 Å². The van der Waals surface area contributed by atoms with E-state index in [1.54, 1.807) is 0 Å². The third-order valence-corrected chi connectivity index (χ3v) is 4.48. The van der Waals surface area contributed by atoms with Crippen molar-refractivity contribution in [3.63, 3.8) is 0 Å². The average Bonchev–Trinajstić information content (AvgIpc) is 2.86. The SMILES string of the molecule is CC(C)(C)C(=O)OC1CCCC1C1(O)CCCC1. The first-order chi connectivity index (χ1) is 8.33. The number of hydrogen-bond donors (Lipinski definition) is 1. The zero-order valence-electron chi connectivity index (χ0n) is 11.9. The van der Waals surface area contributed by atoms with Crippen LogP contribution in [0.3, 0.4) is 0 Å². The van der Waals surface area contributed by atoms with Gasteiger partial charge in [-0.3, -0.25) is 4.79 Å². The van der Waals surface area contributed by atoms with Gasteiger partial charge in [0.05, 0.1) is 11.0 Å². The minimum Gasteiger partial charge on any atom is -0.462 e. The Hall–Kier alpha value is -0.570. The molecule has 0 aromatic carbocycles. The van der Waals surface area contributed by atoms with Crippen LogP contribution in [0.4, 0.5) is 0 Å². The summed E-state index contributed by atoms with van der Waals surface area (Å²) in [4.78, 5) is 12.0. The summed E-state index contributed by atoms with van der Waals surface area (Å²) < 4.78 is 5.67. The van der Waals surface area contributed by atoms with E-state index >= 15 is 0 Å². The number of esters is 1. The predicted octanol–water partition coefficient (Wildman–Crippen LogP) is 3.05. The molecule has 3 heteroatoms. The summed E-state index contributed by atoms with van der Waals surface area (Å²) in [7, 11) is 0. The quantitative estimate of drug-likeness (QED) is 0.770. The van der Waals surface area contributed by atoms with Gasteiger partial charge in [-0.05, 0) is 52.9 Å². The Morgan fingerprint density at radius 3 is 2.33 bits per heavy atom. The maximum Gasteiger partial charge on any atom is 0.311 e. The summed E-state index contributed by atoms with van der Waals surface area (Å²) in [5.41, 5.74) is -1.02. The highest BCUT2D eigenvalue weighted by molar-refractivity contribution is 5.75.